The van der Waals surface area contributed by atoms with E-state index in [1.165, 1.54) is 12.8 Å². The van der Waals surface area contributed by atoms with Crippen LogP contribution in [-0.2, 0) is 4.79 Å². The third-order valence-corrected chi connectivity index (χ3v) is 4.43. The van der Waals surface area contributed by atoms with Crippen LogP contribution in [0.25, 0.3) is 0 Å². The van der Waals surface area contributed by atoms with Gasteiger partial charge in [0.1, 0.15) is 0 Å². The molecule has 1 aliphatic carbocycles. The van der Waals surface area contributed by atoms with Crippen molar-refractivity contribution >= 4 is 5.91 Å². The van der Waals surface area contributed by atoms with Gasteiger partial charge in [0.2, 0.25) is 5.91 Å². The highest BCUT2D eigenvalue weighted by atomic mass is 16.2. The van der Waals surface area contributed by atoms with Gasteiger partial charge in [0.25, 0.3) is 0 Å². The van der Waals surface area contributed by atoms with Crippen LogP contribution in [0.1, 0.15) is 39.5 Å². The van der Waals surface area contributed by atoms with Gasteiger partial charge in [0, 0.05) is 12.5 Å². The number of hydrogen-bond acceptors (Lipinski definition) is 2. The molecule has 2 rings (SSSR count). The minimum Gasteiger partial charge on any atom is -0.356 e. The molecule has 2 aliphatic rings. The average molecular weight is 224 g/mol. The smallest absolute Gasteiger partial charge is 0.223 e. The number of piperidine rings is 1. The standard InChI is InChI=1S/C13H24N2O/c1-3-10(2)9-15-12(16)11-8-13(11)4-6-14-7-5-13/h10-11,14H,3-9H2,1-2H3,(H,15,16). The molecule has 0 aromatic rings. The van der Waals surface area contributed by atoms with Crippen molar-refractivity contribution in [2.45, 2.75) is 39.5 Å². The largest absolute Gasteiger partial charge is 0.356 e. The molecule has 2 atom stereocenters. The fourth-order valence-corrected chi connectivity index (χ4v) is 2.74. The SMILES string of the molecule is CCC(C)CNC(=O)C1CC12CCNCC2. The quantitative estimate of drug-likeness (QED) is 0.760. The first-order valence-corrected chi connectivity index (χ1v) is 6.66. The molecule has 16 heavy (non-hydrogen) atoms. The Kier molecular flexibility index (Phi) is 3.53. The first kappa shape index (κ1) is 11.9. The highest BCUT2D eigenvalue weighted by Gasteiger charge is 2.57. The van der Waals surface area contributed by atoms with E-state index in [9.17, 15) is 4.79 Å². The normalized spacial score (nSPS) is 28.8. The maximum atomic E-state index is 12.0. The van der Waals surface area contributed by atoms with E-state index in [2.05, 4.69) is 24.5 Å². The maximum Gasteiger partial charge on any atom is 0.223 e. The molecule has 2 unspecified atom stereocenters. The van der Waals surface area contributed by atoms with Gasteiger partial charge in [0.05, 0.1) is 0 Å². The second kappa shape index (κ2) is 4.74. The van der Waals surface area contributed by atoms with Crippen molar-refractivity contribution in [3.63, 3.8) is 0 Å². The Balaban J connectivity index is 1.75. The molecule has 2 fully saturated rings. The second-order valence-electron chi connectivity index (χ2n) is 5.63. The fourth-order valence-electron chi connectivity index (χ4n) is 2.74. The van der Waals surface area contributed by atoms with E-state index in [0.29, 0.717) is 23.2 Å². The Bertz CT molecular complexity index is 259. The molecule has 1 heterocycles. The van der Waals surface area contributed by atoms with Crippen LogP contribution < -0.4 is 10.6 Å². The summed E-state index contributed by atoms with van der Waals surface area (Å²) < 4.78 is 0. The number of amides is 1. The van der Waals surface area contributed by atoms with Crippen molar-refractivity contribution in [3.05, 3.63) is 0 Å². The predicted octanol–water partition coefficient (Wildman–Crippen LogP) is 1.54. The topological polar surface area (TPSA) is 41.1 Å². The van der Waals surface area contributed by atoms with Crippen LogP contribution >= 0.6 is 0 Å². The summed E-state index contributed by atoms with van der Waals surface area (Å²) in [5, 5.41) is 6.48. The molecule has 1 aliphatic heterocycles. The van der Waals surface area contributed by atoms with E-state index in [1.807, 2.05) is 0 Å². The third-order valence-electron chi connectivity index (χ3n) is 4.43. The molecule has 0 bridgehead atoms. The summed E-state index contributed by atoms with van der Waals surface area (Å²) in [4.78, 5) is 12.0. The average Bonchev–Trinajstić information content (AvgIpc) is 3.00. The molecular formula is C13H24N2O. The summed E-state index contributed by atoms with van der Waals surface area (Å²) in [7, 11) is 0. The molecule has 1 spiro atoms. The van der Waals surface area contributed by atoms with E-state index in [0.717, 1.165) is 32.5 Å². The van der Waals surface area contributed by atoms with E-state index < -0.39 is 0 Å². The lowest BCUT2D eigenvalue weighted by Crippen LogP contribution is -2.35. The Morgan fingerprint density at radius 2 is 2.19 bits per heavy atom. The van der Waals surface area contributed by atoms with Gasteiger partial charge >= 0.3 is 0 Å². The van der Waals surface area contributed by atoms with Crippen molar-refractivity contribution in [1.29, 1.82) is 0 Å². The first-order chi connectivity index (χ1) is 7.68. The molecule has 92 valence electrons. The zero-order chi connectivity index (χ0) is 11.6. The Morgan fingerprint density at radius 1 is 1.50 bits per heavy atom. The highest BCUT2D eigenvalue weighted by Crippen LogP contribution is 2.58. The minimum absolute atomic E-state index is 0.308. The molecule has 0 aromatic heterocycles. The van der Waals surface area contributed by atoms with E-state index in [1.54, 1.807) is 0 Å². The van der Waals surface area contributed by atoms with Crippen molar-refractivity contribution < 1.29 is 4.79 Å². The zero-order valence-corrected chi connectivity index (χ0v) is 10.5. The van der Waals surface area contributed by atoms with Crippen LogP contribution in [0.4, 0.5) is 0 Å². The van der Waals surface area contributed by atoms with Crippen molar-refractivity contribution in [1.82, 2.24) is 10.6 Å². The molecule has 1 amide bonds. The lowest BCUT2D eigenvalue weighted by Gasteiger charge is -2.23. The van der Waals surface area contributed by atoms with E-state index in [-0.39, 0.29) is 0 Å². The molecule has 0 radical (unpaired) electrons. The van der Waals surface area contributed by atoms with Crippen LogP contribution in [0.5, 0.6) is 0 Å². The fraction of sp³-hybridized carbons (Fsp3) is 0.923. The molecule has 0 aromatic carbocycles. The highest BCUT2D eigenvalue weighted by molar-refractivity contribution is 5.82. The summed E-state index contributed by atoms with van der Waals surface area (Å²) in [6.45, 7) is 7.39. The van der Waals surface area contributed by atoms with Gasteiger partial charge in [-0.05, 0) is 43.7 Å². The van der Waals surface area contributed by atoms with Crippen LogP contribution in [0.3, 0.4) is 0 Å². The monoisotopic (exact) mass is 224 g/mol. The van der Waals surface area contributed by atoms with Crippen molar-refractivity contribution in [3.8, 4) is 0 Å². The number of carbonyl (C=O) groups excluding carboxylic acids is 1. The number of nitrogens with one attached hydrogen (secondary N) is 2. The van der Waals surface area contributed by atoms with Gasteiger partial charge in [-0.3, -0.25) is 4.79 Å². The maximum absolute atomic E-state index is 12.0. The summed E-state index contributed by atoms with van der Waals surface area (Å²) in [6.07, 6.45) is 4.64. The number of rotatable bonds is 4. The van der Waals surface area contributed by atoms with E-state index >= 15 is 0 Å². The Morgan fingerprint density at radius 3 is 2.81 bits per heavy atom. The van der Waals surface area contributed by atoms with Crippen LogP contribution in [0.15, 0.2) is 0 Å². The van der Waals surface area contributed by atoms with Crippen LogP contribution in [0.2, 0.25) is 0 Å². The Labute approximate surface area is 98.4 Å². The minimum atomic E-state index is 0.308. The zero-order valence-electron chi connectivity index (χ0n) is 10.5. The van der Waals surface area contributed by atoms with Gasteiger partial charge in [-0.15, -0.1) is 0 Å². The Hall–Kier alpha value is -0.570. The summed E-state index contributed by atoms with van der Waals surface area (Å²) >= 11 is 0. The third kappa shape index (κ3) is 2.40. The summed E-state index contributed by atoms with van der Waals surface area (Å²) in [5.41, 5.74) is 0.380. The molecule has 1 saturated heterocycles. The predicted molar refractivity (Wildman–Crippen MR) is 65.1 cm³/mol. The lowest BCUT2D eigenvalue weighted by atomic mass is 9.91. The van der Waals surface area contributed by atoms with Gasteiger partial charge in [-0.25, -0.2) is 0 Å². The van der Waals surface area contributed by atoms with Crippen molar-refractivity contribution in [2.24, 2.45) is 17.3 Å². The molecular weight excluding hydrogens is 200 g/mol. The summed E-state index contributed by atoms with van der Waals surface area (Å²) in [6, 6.07) is 0. The summed E-state index contributed by atoms with van der Waals surface area (Å²) in [5.74, 6) is 1.23. The lowest BCUT2D eigenvalue weighted by molar-refractivity contribution is -0.123. The van der Waals surface area contributed by atoms with Crippen molar-refractivity contribution in [2.75, 3.05) is 19.6 Å². The molecule has 2 N–H and O–H groups in total. The molecule has 3 nitrogen and oxygen atoms in total. The van der Waals surface area contributed by atoms with Gasteiger partial charge in [-0.2, -0.15) is 0 Å². The second-order valence-corrected chi connectivity index (χ2v) is 5.63. The van der Waals surface area contributed by atoms with Gasteiger partial charge in [-0.1, -0.05) is 20.3 Å². The molecule has 3 heteroatoms. The number of carbonyl (C=O) groups is 1. The van der Waals surface area contributed by atoms with Crippen LogP contribution in [-0.4, -0.2) is 25.5 Å². The van der Waals surface area contributed by atoms with Gasteiger partial charge in [0.15, 0.2) is 0 Å². The van der Waals surface area contributed by atoms with E-state index in [4.69, 9.17) is 0 Å². The first-order valence-electron chi connectivity index (χ1n) is 6.66. The molecule has 1 saturated carbocycles. The van der Waals surface area contributed by atoms with Crippen LogP contribution in [0, 0.1) is 17.3 Å². The van der Waals surface area contributed by atoms with Gasteiger partial charge < -0.3 is 10.6 Å². The number of hydrogen-bond donors (Lipinski definition) is 2.